The van der Waals surface area contributed by atoms with Crippen LogP contribution < -0.4 is 0 Å². The normalized spacial score (nSPS) is 15.9. The molecule has 0 amide bonds. The zero-order chi connectivity index (χ0) is 17.3. The Morgan fingerprint density at radius 2 is 2.08 bits per heavy atom. The molecule has 4 rings (SSSR count). The largest absolute Gasteiger partial charge is 0.383 e. The van der Waals surface area contributed by atoms with Crippen LogP contribution in [0.25, 0.3) is 11.5 Å². The third kappa shape index (κ3) is 3.02. The van der Waals surface area contributed by atoms with Gasteiger partial charge in [-0.3, -0.25) is 4.68 Å². The summed E-state index contributed by atoms with van der Waals surface area (Å²) in [6.07, 6.45) is 6.92. The Morgan fingerprint density at radius 1 is 1.28 bits per heavy atom. The first-order chi connectivity index (χ1) is 12.2. The summed E-state index contributed by atoms with van der Waals surface area (Å²) in [5.41, 5.74) is 1.94. The van der Waals surface area contributed by atoms with Gasteiger partial charge in [-0.2, -0.15) is 10.1 Å². The summed E-state index contributed by atoms with van der Waals surface area (Å²) < 4.78 is 13.5. The number of methoxy groups -OCH3 is 1. The van der Waals surface area contributed by atoms with Crippen molar-refractivity contribution < 1.29 is 9.26 Å². The molecular formula is C18H19BrN4O2. The van der Waals surface area contributed by atoms with Crippen molar-refractivity contribution in [1.82, 2.24) is 19.9 Å². The lowest BCUT2D eigenvalue weighted by molar-refractivity contribution is 0.183. The molecule has 25 heavy (non-hydrogen) atoms. The number of rotatable bonds is 6. The van der Waals surface area contributed by atoms with Crippen LogP contribution in [0.5, 0.6) is 0 Å². The van der Waals surface area contributed by atoms with Crippen LogP contribution in [0.15, 0.2) is 45.7 Å². The van der Waals surface area contributed by atoms with Crippen molar-refractivity contribution in [2.75, 3.05) is 13.7 Å². The van der Waals surface area contributed by atoms with E-state index in [0.29, 0.717) is 19.0 Å². The van der Waals surface area contributed by atoms with Crippen molar-refractivity contribution in [2.45, 2.75) is 31.2 Å². The van der Waals surface area contributed by atoms with Gasteiger partial charge < -0.3 is 9.26 Å². The lowest BCUT2D eigenvalue weighted by Crippen LogP contribution is -2.36. The monoisotopic (exact) mass is 402 g/mol. The Bertz CT molecular complexity index is 852. The van der Waals surface area contributed by atoms with Gasteiger partial charge in [-0.25, -0.2) is 0 Å². The second-order valence-corrected chi connectivity index (χ2v) is 7.27. The van der Waals surface area contributed by atoms with Crippen molar-refractivity contribution in [3.8, 4) is 11.5 Å². The highest BCUT2D eigenvalue weighted by molar-refractivity contribution is 9.10. The predicted octanol–water partition coefficient (Wildman–Crippen LogP) is 3.81. The average molecular weight is 403 g/mol. The number of hydrogen-bond donors (Lipinski definition) is 0. The number of halogens is 1. The Hall–Kier alpha value is -1.99. The maximum absolute atomic E-state index is 5.54. The van der Waals surface area contributed by atoms with Gasteiger partial charge in [0, 0.05) is 17.8 Å². The first kappa shape index (κ1) is 16.5. The lowest BCUT2D eigenvalue weighted by Gasteiger charge is -2.39. The molecule has 0 unspecified atom stereocenters. The van der Waals surface area contributed by atoms with E-state index < -0.39 is 0 Å². The summed E-state index contributed by atoms with van der Waals surface area (Å²) in [4.78, 5) is 4.69. The number of benzene rings is 1. The Labute approximate surface area is 154 Å². The first-order valence-electron chi connectivity index (χ1n) is 8.33. The van der Waals surface area contributed by atoms with E-state index in [9.17, 15) is 0 Å². The van der Waals surface area contributed by atoms with E-state index in [-0.39, 0.29) is 5.41 Å². The minimum atomic E-state index is -0.130. The van der Waals surface area contributed by atoms with Crippen LogP contribution in [-0.4, -0.2) is 33.6 Å². The summed E-state index contributed by atoms with van der Waals surface area (Å²) in [6, 6.07) is 8.41. The molecule has 1 aliphatic carbocycles. The third-order valence-corrected chi connectivity index (χ3v) is 5.39. The predicted molar refractivity (Wildman–Crippen MR) is 96.2 cm³/mol. The van der Waals surface area contributed by atoms with Crippen LogP contribution in [0.1, 0.15) is 30.7 Å². The van der Waals surface area contributed by atoms with Gasteiger partial charge >= 0.3 is 0 Å². The van der Waals surface area contributed by atoms with Crippen LogP contribution >= 0.6 is 15.9 Å². The molecule has 1 saturated carbocycles. The maximum Gasteiger partial charge on any atom is 0.261 e. The molecule has 0 atom stereocenters. The van der Waals surface area contributed by atoms with Crippen molar-refractivity contribution in [2.24, 2.45) is 0 Å². The number of hydrogen-bond acceptors (Lipinski definition) is 5. The van der Waals surface area contributed by atoms with Crippen LogP contribution in [0.3, 0.4) is 0 Å². The summed E-state index contributed by atoms with van der Waals surface area (Å²) in [6.45, 7) is 1.31. The highest BCUT2D eigenvalue weighted by Gasteiger charge is 2.44. The second kappa shape index (κ2) is 6.72. The molecule has 1 fully saturated rings. The van der Waals surface area contributed by atoms with Crippen molar-refractivity contribution >= 4 is 15.9 Å². The highest BCUT2D eigenvalue weighted by Crippen LogP contribution is 2.48. The van der Waals surface area contributed by atoms with Crippen LogP contribution in [-0.2, 0) is 16.7 Å². The lowest BCUT2D eigenvalue weighted by atomic mass is 9.64. The van der Waals surface area contributed by atoms with Crippen molar-refractivity contribution in [1.29, 1.82) is 0 Å². The fraction of sp³-hybridized carbons (Fsp3) is 0.389. The average Bonchev–Trinajstić information content (AvgIpc) is 3.23. The Kier molecular flexibility index (Phi) is 4.43. The van der Waals surface area contributed by atoms with Gasteiger partial charge in [-0.15, -0.1) is 0 Å². The van der Waals surface area contributed by atoms with E-state index in [2.05, 4.69) is 50.5 Å². The van der Waals surface area contributed by atoms with E-state index in [1.54, 1.807) is 13.3 Å². The molecular weight excluding hydrogens is 384 g/mol. The van der Waals surface area contributed by atoms with Gasteiger partial charge in [0.05, 0.1) is 30.3 Å². The summed E-state index contributed by atoms with van der Waals surface area (Å²) in [5.74, 6) is 1.28. The van der Waals surface area contributed by atoms with Gasteiger partial charge in [-0.1, -0.05) is 39.6 Å². The van der Waals surface area contributed by atoms with Gasteiger partial charge in [0.15, 0.2) is 5.82 Å². The molecule has 0 radical (unpaired) electrons. The van der Waals surface area contributed by atoms with Gasteiger partial charge in [-0.05, 0) is 30.5 Å². The minimum Gasteiger partial charge on any atom is -0.383 e. The fourth-order valence-corrected chi connectivity index (χ4v) is 3.52. The standard InChI is InChI=1S/C18H19BrN4O2/c1-24-10-9-23-12-13(11-20-23)16-21-17(22-25-16)18(7-2-8-18)14-3-5-15(19)6-4-14/h3-6,11-12H,2,7-10H2,1H3. The van der Waals surface area contributed by atoms with E-state index in [4.69, 9.17) is 14.2 Å². The molecule has 7 heteroatoms. The summed E-state index contributed by atoms with van der Waals surface area (Å²) in [7, 11) is 1.68. The molecule has 0 N–H and O–H groups in total. The molecule has 0 spiro atoms. The molecule has 0 bridgehead atoms. The minimum absolute atomic E-state index is 0.130. The quantitative estimate of drug-likeness (QED) is 0.626. The molecule has 3 aromatic rings. The zero-order valence-electron chi connectivity index (χ0n) is 14.0. The molecule has 0 aliphatic heterocycles. The number of aromatic nitrogens is 4. The Morgan fingerprint density at radius 3 is 2.76 bits per heavy atom. The van der Waals surface area contributed by atoms with Crippen LogP contribution in [0.4, 0.5) is 0 Å². The molecule has 1 aliphatic rings. The van der Waals surface area contributed by atoms with Crippen LogP contribution in [0.2, 0.25) is 0 Å². The van der Waals surface area contributed by atoms with E-state index in [1.807, 2.05) is 10.9 Å². The van der Waals surface area contributed by atoms with E-state index in [0.717, 1.165) is 28.7 Å². The second-order valence-electron chi connectivity index (χ2n) is 6.35. The maximum atomic E-state index is 5.54. The molecule has 1 aromatic carbocycles. The topological polar surface area (TPSA) is 66.0 Å². The molecule has 6 nitrogen and oxygen atoms in total. The SMILES string of the molecule is COCCn1cc(-c2nc(C3(c4ccc(Br)cc4)CCC3)no2)cn1. The fourth-order valence-electron chi connectivity index (χ4n) is 3.26. The molecule has 0 saturated heterocycles. The zero-order valence-corrected chi connectivity index (χ0v) is 15.6. The molecule has 2 heterocycles. The number of nitrogens with zero attached hydrogens (tertiary/aromatic N) is 4. The third-order valence-electron chi connectivity index (χ3n) is 4.86. The molecule has 130 valence electrons. The summed E-state index contributed by atoms with van der Waals surface area (Å²) in [5, 5.41) is 8.60. The van der Waals surface area contributed by atoms with Gasteiger partial charge in [0.25, 0.3) is 5.89 Å². The Balaban J connectivity index is 1.61. The van der Waals surface area contributed by atoms with Gasteiger partial charge in [0.2, 0.25) is 0 Å². The van der Waals surface area contributed by atoms with Crippen molar-refractivity contribution in [3.63, 3.8) is 0 Å². The smallest absolute Gasteiger partial charge is 0.261 e. The highest BCUT2D eigenvalue weighted by atomic mass is 79.9. The van der Waals surface area contributed by atoms with E-state index in [1.165, 1.54) is 12.0 Å². The van der Waals surface area contributed by atoms with Gasteiger partial charge in [0.1, 0.15) is 0 Å². The van der Waals surface area contributed by atoms with Crippen molar-refractivity contribution in [3.05, 3.63) is 52.5 Å². The number of ether oxygens (including phenoxy) is 1. The summed E-state index contributed by atoms with van der Waals surface area (Å²) >= 11 is 3.50. The van der Waals surface area contributed by atoms with E-state index >= 15 is 0 Å². The van der Waals surface area contributed by atoms with Crippen LogP contribution in [0, 0.1) is 0 Å². The molecule has 2 aromatic heterocycles. The first-order valence-corrected chi connectivity index (χ1v) is 9.12.